The van der Waals surface area contributed by atoms with Crippen molar-refractivity contribution in [1.29, 1.82) is 0 Å². The molecule has 0 aliphatic carbocycles. The summed E-state index contributed by atoms with van der Waals surface area (Å²) in [7, 11) is 0. The number of ether oxygens (including phenoxy) is 2. The zero-order chi connectivity index (χ0) is 22.1. The maximum Gasteiger partial charge on any atom is 0.339 e. The van der Waals surface area contributed by atoms with Gasteiger partial charge >= 0.3 is 5.97 Å². The fraction of sp³-hybridized carbons (Fsp3) is 0.154. The van der Waals surface area contributed by atoms with Gasteiger partial charge < -0.3 is 9.47 Å². The molecule has 0 spiro atoms. The van der Waals surface area contributed by atoms with Crippen molar-refractivity contribution in [2.45, 2.75) is 25.6 Å². The van der Waals surface area contributed by atoms with Crippen molar-refractivity contribution >= 4 is 40.1 Å². The Morgan fingerprint density at radius 2 is 1.78 bits per heavy atom. The number of hydrogen-bond donors (Lipinski definition) is 0. The molecule has 0 radical (unpaired) electrons. The van der Waals surface area contributed by atoms with Gasteiger partial charge in [0.1, 0.15) is 18.5 Å². The third-order valence-electron chi connectivity index (χ3n) is 5.55. The number of esters is 1. The van der Waals surface area contributed by atoms with Crippen LogP contribution in [0.1, 0.15) is 39.7 Å². The van der Waals surface area contributed by atoms with Crippen LogP contribution in [0.5, 0.6) is 5.75 Å². The molecule has 0 saturated heterocycles. The van der Waals surface area contributed by atoms with Crippen molar-refractivity contribution in [3.8, 4) is 5.75 Å². The summed E-state index contributed by atoms with van der Waals surface area (Å²) in [6, 6.07) is 22.6. The predicted octanol–water partition coefficient (Wildman–Crippen LogP) is 6.96. The van der Waals surface area contributed by atoms with E-state index in [0.717, 1.165) is 34.1 Å². The van der Waals surface area contributed by atoms with Crippen LogP contribution >= 0.6 is 23.2 Å². The molecule has 160 valence electrons. The molecular formula is C26H19Cl2NO3. The van der Waals surface area contributed by atoms with Gasteiger partial charge in [-0.1, -0.05) is 53.5 Å². The number of hydrogen-bond acceptors (Lipinski definition) is 4. The van der Waals surface area contributed by atoms with Crippen LogP contribution in [-0.2, 0) is 17.8 Å². The number of aryl methyl sites for hydroxylation is 1. The molecule has 3 aromatic carbocycles. The molecule has 0 amide bonds. The molecule has 1 unspecified atom stereocenters. The number of rotatable bonds is 4. The number of aromatic nitrogens is 1. The number of cyclic esters (lactones) is 1. The average Bonchev–Trinajstić information content (AvgIpc) is 2.96. The Balaban J connectivity index is 1.31. The summed E-state index contributed by atoms with van der Waals surface area (Å²) in [6.07, 6.45) is 1.08. The van der Waals surface area contributed by atoms with Gasteiger partial charge in [-0.15, -0.1) is 0 Å². The monoisotopic (exact) mass is 463 g/mol. The van der Waals surface area contributed by atoms with Crippen molar-refractivity contribution < 1.29 is 14.3 Å². The summed E-state index contributed by atoms with van der Waals surface area (Å²) < 4.78 is 11.8. The second kappa shape index (κ2) is 8.81. The van der Waals surface area contributed by atoms with Crippen LogP contribution in [-0.4, -0.2) is 11.0 Å². The molecule has 4 nitrogen and oxygen atoms in total. The maximum absolute atomic E-state index is 12.6. The second-order valence-electron chi connectivity index (χ2n) is 7.73. The van der Waals surface area contributed by atoms with Crippen LogP contribution < -0.4 is 4.74 Å². The SMILES string of the molecule is O=C1OC(c2cccc(OCc3ccc4ccc(Cl)cc4n3)c2)CCc2ccc(Cl)cc21. The molecule has 5 rings (SSSR count). The molecule has 32 heavy (non-hydrogen) atoms. The second-order valence-corrected chi connectivity index (χ2v) is 8.61. The summed E-state index contributed by atoms with van der Waals surface area (Å²) in [6.45, 7) is 0.320. The fourth-order valence-electron chi connectivity index (χ4n) is 3.90. The molecule has 1 atom stereocenters. The fourth-order valence-corrected chi connectivity index (χ4v) is 4.24. The molecule has 4 aromatic rings. The largest absolute Gasteiger partial charge is 0.487 e. The average molecular weight is 464 g/mol. The number of halogens is 2. The van der Waals surface area contributed by atoms with Gasteiger partial charge in [0.25, 0.3) is 0 Å². The Kier molecular flexibility index (Phi) is 5.73. The highest BCUT2D eigenvalue weighted by atomic mass is 35.5. The third kappa shape index (κ3) is 4.43. The highest BCUT2D eigenvalue weighted by Gasteiger charge is 2.25. The first-order valence-electron chi connectivity index (χ1n) is 10.3. The van der Waals surface area contributed by atoms with Crippen LogP contribution in [0, 0.1) is 0 Å². The first-order chi connectivity index (χ1) is 15.5. The minimum Gasteiger partial charge on any atom is -0.487 e. The molecule has 0 saturated carbocycles. The van der Waals surface area contributed by atoms with Crippen LogP contribution in [0.15, 0.2) is 72.8 Å². The van der Waals surface area contributed by atoms with Gasteiger partial charge in [0.15, 0.2) is 0 Å². The number of carbonyl (C=O) groups is 1. The van der Waals surface area contributed by atoms with Gasteiger partial charge in [0.05, 0.1) is 16.8 Å². The van der Waals surface area contributed by atoms with E-state index in [2.05, 4.69) is 4.98 Å². The van der Waals surface area contributed by atoms with Gasteiger partial charge in [-0.2, -0.15) is 0 Å². The van der Waals surface area contributed by atoms with Gasteiger partial charge in [0.2, 0.25) is 0 Å². The van der Waals surface area contributed by atoms with E-state index in [-0.39, 0.29) is 12.1 Å². The molecule has 0 bridgehead atoms. The lowest BCUT2D eigenvalue weighted by Crippen LogP contribution is -2.09. The Morgan fingerprint density at radius 1 is 0.969 bits per heavy atom. The first-order valence-corrected chi connectivity index (χ1v) is 11.1. The number of pyridine rings is 1. The first kappa shape index (κ1) is 20.8. The van der Waals surface area contributed by atoms with E-state index in [4.69, 9.17) is 32.7 Å². The Bertz CT molecular complexity index is 1320. The summed E-state index contributed by atoms with van der Waals surface area (Å²) in [5, 5.41) is 2.20. The third-order valence-corrected chi connectivity index (χ3v) is 6.02. The van der Waals surface area contributed by atoms with E-state index >= 15 is 0 Å². The minimum atomic E-state index is -0.352. The summed E-state index contributed by atoms with van der Waals surface area (Å²) in [5.74, 6) is 0.340. The van der Waals surface area contributed by atoms with E-state index in [0.29, 0.717) is 34.4 Å². The molecule has 1 aliphatic heterocycles. The topological polar surface area (TPSA) is 48.4 Å². The van der Waals surface area contributed by atoms with E-state index in [1.807, 2.05) is 60.7 Å². The Morgan fingerprint density at radius 3 is 2.69 bits per heavy atom. The number of carbonyl (C=O) groups excluding carboxylic acids is 1. The van der Waals surface area contributed by atoms with Crippen LogP contribution in [0.25, 0.3) is 10.9 Å². The van der Waals surface area contributed by atoms with Gasteiger partial charge in [-0.3, -0.25) is 0 Å². The maximum atomic E-state index is 12.6. The predicted molar refractivity (Wildman–Crippen MR) is 125 cm³/mol. The normalized spacial score (nSPS) is 15.7. The van der Waals surface area contributed by atoms with Gasteiger partial charge in [0, 0.05) is 15.4 Å². The molecule has 1 aromatic heterocycles. The lowest BCUT2D eigenvalue weighted by Gasteiger charge is -2.16. The standard InChI is InChI=1S/C26H19Cl2NO3/c27-19-8-4-16-7-11-25(32-26(30)23(16)13-19)18-2-1-3-22(12-18)31-15-21-10-6-17-5-9-20(28)14-24(17)29-21/h1-6,8-10,12-14,25H,7,11,15H2. The zero-order valence-electron chi connectivity index (χ0n) is 17.1. The van der Waals surface area contributed by atoms with Gasteiger partial charge in [-0.25, -0.2) is 9.78 Å². The van der Waals surface area contributed by atoms with E-state index in [1.165, 1.54) is 0 Å². The Hall–Kier alpha value is -3.08. The van der Waals surface area contributed by atoms with Crippen LogP contribution in [0.3, 0.4) is 0 Å². The minimum absolute atomic E-state index is 0.320. The summed E-state index contributed by atoms with van der Waals surface area (Å²) >= 11 is 12.1. The van der Waals surface area contributed by atoms with Crippen molar-refractivity contribution in [1.82, 2.24) is 4.98 Å². The van der Waals surface area contributed by atoms with E-state index in [9.17, 15) is 4.79 Å². The van der Waals surface area contributed by atoms with Crippen molar-refractivity contribution in [2.24, 2.45) is 0 Å². The van der Waals surface area contributed by atoms with E-state index < -0.39 is 0 Å². The summed E-state index contributed by atoms with van der Waals surface area (Å²) in [5.41, 5.74) is 4.02. The van der Waals surface area contributed by atoms with Crippen LogP contribution in [0.4, 0.5) is 0 Å². The molecule has 6 heteroatoms. The molecular weight excluding hydrogens is 445 g/mol. The number of nitrogens with zero attached hydrogens (tertiary/aromatic N) is 1. The lowest BCUT2D eigenvalue weighted by atomic mass is 10.00. The van der Waals surface area contributed by atoms with Crippen molar-refractivity contribution in [3.05, 3.63) is 105 Å². The Labute approximate surface area is 195 Å². The lowest BCUT2D eigenvalue weighted by molar-refractivity contribution is 0.0297. The number of fused-ring (bicyclic) bond motifs is 2. The molecule has 1 aliphatic rings. The molecule has 2 heterocycles. The van der Waals surface area contributed by atoms with Crippen molar-refractivity contribution in [3.63, 3.8) is 0 Å². The zero-order valence-corrected chi connectivity index (χ0v) is 18.6. The van der Waals surface area contributed by atoms with E-state index in [1.54, 1.807) is 12.1 Å². The van der Waals surface area contributed by atoms with Gasteiger partial charge in [-0.05, 0) is 66.4 Å². The van der Waals surface area contributed by atoms with Crippen LogP contribution in [0.2, 0.25) is 10.0 Å². The highest BCUT2D eigenvalue weighted by Crippen LogP contribution is 2.32. The quantitative estimate of drug-likeness (QED) is 0.306. The molecule has 0 fully saturated rings. The smallest absolute Gasteiger partial charge is 0.339 e. The highest BCUT2D eigenvalue weighted by molar-refractivity contribution is 6.31. The summed E-state index contributed by atoms with van der Waals surface area (Å²) in [4.78, 5) is 17.3. The molecule has 0 N–H and O–H groups in total. The van der Waals surface area contributed by atoms with Crippen molar-refractivity contribution in [2.75, 3.05) is 0 Å². The number of benzene rings is 3.